The number of alkyl halides is 3. The number of phenolic OH excluding ortho intramolecular Hbond substituents is 1. The van der Waals surface area contributed by atoms with Crippen LogP contribution in [0.25, 0.3) is 0 Å². The Hall–Kier alpha value is -1.46. The van der Waals surface area contributed by atoms with Crippen molar-refractivity contribution >= 4 is 0 Å². The first kappa shape index (κ1) is 9.63. The smallest absolute Gasteiger partial charge is 0.504 e. The summed E-state index contributed by atoms with van der Waals surface area (Å²) in [5.41, 5.74) is 0. The van der Waals surface area contributed by atoms with Crippen LogP contribution in [0.1, 0.15) is 0 Å². The number of ether oxygens (including phenoxy) is 1. The third kappa shape index (κ3) is 2.81. The summed E-state index contributed by atoms with van der Waals surface area (Å²) in [5, 5.41) is 8.79. The molecule has 1 aromatic carbocycles. The van der Waals surface area contributed by atoms with E-state index in [1.165, 1.54) is 0 Å². The molecule has 13 heavy (non-hydrogen) atoms. The zero-order valence-electron chi connectivity index (χ0n) is 6.10. The van der Waals surface area contributed by atoms with Crippen LogP contribution >= 0.6 is 0 Å². The molecular formula is C7H4F4O2. The maximum absolute atomic E-state index is 12.3. The Kier molecular flexibility index (Phi) is 2.31. The van der Waals surface area contributed by atoms with Crippen LogP contribution in [-0.4, -0.2) is 11.5 Å². The van der Waals surface area contributed by atoms with Crippen molar-refractivity contribution in [2.24, 2.45) is 0 Å². The largest absolute Gasteiger partial charge is 0.573 e. The van der Waals surface area contributed by atoms with Gasteiger partial charge in [0.2, 0.25) is 0 Å². The van der Waals surface area contributed by atoms with Gasteiger partial charge in [-0.2, -0.15) is 0 Å². The minimum atomic E-state index is -4.89. The van der Waals surface area contributed by atoms with Gasteiger partial charge < -0.3 is 9.84 Å². The maximum atomic E-state index is 12.3. The zero-order chi connectivity index (χ0) is 10.1. The number of aromatic hydroxyl groups is 1. The molecule has 0 aromatic heterocycles. The summed E-state index contributed by atoms with van der Waals surface area (Å²) in [6.07, 6.45) is -4.89. The highest BCUT2D eigenvalue weighted by atomic mass is 19.4. The van der Waals surface area contributed by atoms with E-state index < -0.39 is 23.7 Å². The fraction of sp³-hybridized carbons (Fsp3) is 0.143. The fourth-order valence-electron chi connectivity index (χ4n) is 0.702. The monoisotopic (exact) mass is 196 g/mol. The van der Waals surface area contributed by atoms with E-state index in [0.29, 0.717) is 12.1 Å². The molecule has 0 amide bonds. The lowest BCUT2D eigenvalue weighted by molar-refractivity contribution is -0.275. The third-order valence-corrected chi connectivity index (χ3v) is 1.15. The van der Waals surface area contributed by atoms with Gasteiger partial charge in [-0.25, -0.2) is 4.39 Å². The zero-order valence-corrected chi connectivity index (χ0v) is 6.10. The maximum Gasteiger partial charge on any atom is 0.573 e. The lowest BCUT2D eigenvalue weighted by Crippen LogP contribution is -2.17. The molecule has 0 bridgehead atoms. The number of hydrogen-bond acceptors (Lipinski definition) is 2. The normalized spacial score (nSPS) is 11.4. The Morgan fingerprint density at radius 2 is 1.85 bits per heavy atom. The van der Waals surface area contributed by atoms with Crippen LogP contribution in [0.2, 0.25) is 0 Å². The van der Waals surface area contributed by atoms with E-state index in [4.69, 9.17) is 5.11 Å². The van der Waals surface area contributed by atoms with Gasteiger partial charge in [0.15, 0.2) is 11.5 Å². The van der Waals surface area contributed by atoms with Crippen molar-refractivity contribution in [2.75, 3.05) is 0 Å². The predicted octanol–water partition coefficient (Wildman–Crippen LogP) is 2.43. The highest BCUT2D eigenvalue weighted by Crippen LogP contribution is 2.31. The van der Waals surface area contributed by atoms with E-state index in [-0.39, 0.29) is 0 Å². The van der Waals surface area contributed by atoms with Crippen LogP contribution in [0.15, 0.2) is 18.2 Å². The third-order valence-electron chi connectivity index (χ3n) is 1.15. The molecule has 0 aliphatic heterocycles. The molecule has 1 N–H and O–H groups in total. The summed E-state index contributed by atoms with van der Waals surface area (Å²) in [5.74, 6) is -2.56. The van der Waals surface area contributed by atoms with Gasteiger partial charge in [-0.3, -0.25) is 0 Å². The molecular weight excluding hydrogens is 192 g/mol. The quantitative estimate of drug-likeness (QED) is 0.699. The first-order valence-corrected chi connectivity index (χ1v) is 3.13. The van der Waals surface area contributed by atoms with E-state index in [1.54, 1.807) is 0 Å². The average Bonchev–Trinajstić information content (AvgIpc) is 1.93. The first-order valence-electron chi connectivity index (χ1n) is 3.13. The second-order valence-electron chi connectivity index (χ2n) is 2.16. The molecule has 0 spiro atoms. The fourth-order valence-corrected chi connectivity index (χ4v) is 0.702. The Morgan fingerprint density at radius 1 is 1.23 bits per heavy atom. The van der Waals surface area contributed by atoms with Gasteiger partial charge in [0.1, 0.15) is 5.82 Å². The van der Waals surface area contributed by atoms with Crippen LogP contribution in [0.4, 0.5) is 17.6 Å². The molecule has 0 saturated heterocycles. The van der Waals surface area contributed by atoms with Crippen molar-refractivity contribution in [3.8, 4) is 11.5 Å². The Bertz CT molecular complexity index is 308. The lowest BCUT2D eigenvalue weighted by atomic mass is 10.3. The molecule has 0 saturated carbocycles. The first-order chi connectivity index (χ1) is 5.88. The lowest BCUT2D eigenvalue weighted by Gasteiger charge is -2.09. The molecule has 0 fully saturated rings. The van der Waals surface area contributed by atoms with Gasteiger partial charge in [-0.15, -0.1) is 13.2 Å². The molecule has 72 valence electrons. The molecule has 1 rings (SSSR count). The SMILES string of the molecule is Oc1cc(F)ccc1OC(F)(F)F. The van der Waals surface area contributed by atoms with E-state index in [1.807, 2.05) is 0 Å². The summed E-state index contributed by atoms with van der Waals surface area (Å²) in [7, 11) is 0. The second kappa shape index (κ2) is 3.12. The number of phenols is 1. The summed E-state index contributed by atoms with van der Waals surface area (Å²) < 4.78 is 50.4. The summed E-state index contributed by atoms with van der Waals surface area (Å²) in [6.45, 7) is 0. The highest BCUT2D eigenvalue weighted by molar-refractivity contribution is 5.38. The Morgan fingerprint density at radius 3 is 2.31 bits per heavy atom. The summed E-state index contributed by atoms with van der Waals surface area (Å²) >= 11 is 0. The molecule has 6 heteroatoms. The van der Waals surface area contributed by atoms with Crippen molar-refractivity contribution in [2.45, 2.75) is 6.36 Å². The van der Waals surface area contributed by atoms with Gasteiger partial charge in [0, 0.05) is 6.07 Å². The summed E-state index contributed by atoms with van der Waals surface area (Å²) in [4.78, 5) is 0. The predicted molar refractivity (Wildman–Crippen MR) is 34.7 cm³/mol. The van der Waals surface area contributed by atoms with Crippen molar-refractivity contribution in [3.63, 3.8) is 0 Å². The molecule has 0 aliphatic rings. The van der Waals surface area contributed by atoms with E-state index in [2.05, 4.69) is 4.74 Å². The number of benzene rings is 1. The number of hydrogen-bond donors (Lipinski definition) is 1. The van der Waals surface area contributed by atoms with Gasteiger partial charge in [0.05, 0.1) is 0 Å². The van der Waals surface area contributed by atoms with E-state index >= 15 is 0 Å². The highest BCUT2D eigenvalue weighted by Gasteiger charge is 2.32. The summed E-state index contributed by atoms with van der Waals surface area (Å²) in [6, 6.07) is 1.97. The van der Waals surface area contributed by atoms with Crippen molar-refractivity contribution in [3.05, 3.63) is 24.0 Å². The molecule has 1 aromatic rings. The van der Waals surface area contributed by atoms with Crippen LogP contribution in [0.5, 0.6) is 11.5 Å². The van der Waals surface area contributed by atoms with Crippen molar-refractivity contribution < 1.29 is 27.4 Å². The number of rotatable bonds is 1. The molecule has 0 aliphatic carbocycles. The van der Waals surface area contributed by atoms with Crippen molar-refractivity contribution in [1.82, 2.24) is 0 Å². The van der Waals surface area contributed by atoms with Gasteiger partial charge in [-0.1, -0.05) is 0 Å². The molecule has 2 nitrogen and oxygen atoms in total. The van der Waals surface area contributed by atoms with E-state index in [9.17, 15) is 17.6 Å². The molecule has 0 radical (unpaired) electrons. The van der Waals surface area contributed by atoms with Crippen LogP contribution < -0.4 is 4.74 Å². The minimum absolute atomic E-state index is 0.529. The molecule has 0 unspecified atom stereocenters. The Balaban J connectivity index is 2.90. The average molecular weight is 196 g/mol. The second-order valence-corrected chi connectivity index (χ2v) is 2.16. The van der Waals surface area contributed by atoms with Crippen molar-refractivity contribution in [1.29, 1.82) is 0 Å². The molecule has 0 atom stereocenters. The van der Waals surface area contributed by atoms with Crippen LogP contribution in [0, 0.1) is 5.82 Å². The van der Waals surface area contributed by atoms with Gasteiger partial charge in [-0.05, 0) is 12.1 Å². The van der Waals surface area contributed by atoms with Crippen LogP contribution in [0.3, 0.4) is 0 Å². The van der Waals surface area contributed by atoms with Gasteiger partial charge >= 0.3 is 6.36 Å². The standard InChI is InChI=1S/C7H4F4O2/c8-4-1-2-6(5(12)3-4)13-7(9,10)11/h1-3,12H. The Labute approximate surface area is 70.4 Å². The minimum Gasteiger partial charge on any atom is -0.504 e. The van der Waals surface area contributed by atoms with E-state index in [0.717, 1.165) is 6.07 Å². The molecule has 0 heterocycles. The van der Waals surface area contributed by atoms with Gasteiger partial charge in [0.25, 0.3) is 0 Å². The van der Waals surface area contributed by atoms with Crippen LogP contribution in [-0.2, 0) is 0 Å². The number of halogens is 4. The topological polar surface area (TPSA) is 29.5 Å².